The molecule has 2 N–H and O–H groups in total. The Morgan fingerprint density at radius 3 is 1.86 bits per heavy atom. The van der Waals surface area contributed by atoms with Crippen molar-refractivity contribution in [1.29, 1.82) is 0 Å². The van der Waals surface area contributed by atoms with Crippen molar-refractivity contribution in [3.63, 3.8) is 0 Å². The Morgan fingerprint density at radius 2 is 1.46 bits per heavy atom. The van der Waals surface area contributed by atoms with Crippen LogP contribution in [0.3, 0.4) is 0 Å². The van der Waals surface area contributed by atoms with Crippen LogP contribution in [0.15, 0.2) is 72.8 Å². The fourth-order valence-corrected chi connectivity index (χ4v) is 9.32. The molecule has 2 aromatic rings. The van der Waals surface area contributed by atoms with Crippen LogP contribution < -0.4 is 15.7 Å². The lowest BCUT2D eigenvalue weighted by Crippen LogP contribution is -2.66. The standard InChI is InChI=1S/C30H43NO5Si/c1-8-16-23(26(27(32)33)31-28(34)36-29(2,3)4)17-15-22-35-37(30(5,6)7,24-18-11-9-12-19-24)25-20-13-10-14-21-25/h8-14,16,18-21,23,26H,15,17,22H2,1-7H3,(H,31,34)(H,32,33)/b16-8+/t23-,26+/m0/s1. The van der Waals surface area contributed by atoms with Crippen LogP contribution >= 0.6 is 0 Å². The predicted octanol–water partition coefficient (Wildman–Crippen LogP) is 5.51. The Morgan fingerprint density at radius 1 is 0.946 bits per heavy atom. The molecule has 0 aliphatic rings. The van der Waals surface area contributed by atoms with Gasteiger partial charge in [0.2, 0.25) is 0 Å². The second-order valence-corrected chi connectivity index (χ2v) is 15.6. The van der Waals surface area contributed by atoms with Gasteiger partial charge in [-0.05, 0) is 55.9 Å². The first-order valence-corrected chi connectivity index (χ1v) is 14.8. The van der Waals surface area contributed by atoms with Gasteiger partial charge in [0.05, 0.1) is 0 Å². The first kappa shape index (κ1) is 30.3. The van der Waals surface area contributed by atoms with Gasteiger partial charge in [0.15, 0.2) is 0 Å². The van der Waals surface area contributed by atoms with Gasteiger partial charge in [-0.1, -0.05) is 93.6 Å². The molecule has 2 atom stereocenters. The number of ether oxygens (including phenoxy) is 1. The number of carbonyl (C=O) groups excluding carboxylic acids is 1. The second-order valence-electron chi connectivity index (χ2n) is 11.3. The molecule has 7 heteroatoms. The molecule has 2 rings (SSSR count). The van der Waals surface area contributed by atoms with Gasteiger partial charge >= 0.3 is 12.1 Å². The summed E-state index contributed by atoms with van der Waals surface area (Å²) in [4.78, 5) is 24.4. The molecule has 0 saturated heterocycles. The minimum atomic E-state index is -2.67. The molecule has 0 heterocycles. The van der Waals surface area contributed by atoms with Gasteiger partial charge in [-0.2, -0.15) is 0 Å². The number of benzene rings is 2. The molecule has 6 nitrogen and oxygen atoms in total. The number of carboxylic acid groups (broad SMARTS) is 1. The van der Waals surface area contributed by atoms with Crippen molar-refractivity contribution < 1.29 is 23.9 Å². The number of hydrogen-bond acceptors (Lipinski definition) is 4. The van der Waals surface area contributed by atoms with Gasteiger partial charge < -0.3 is 19.6 Å². The molecule has 202 valence electrons. The zero-order chi connectivity index (χ0) is 27.7. The van der Waals surface area contributed by atoms with E-state index in [-0.39, 0.29) is 5.04 Å². The Balaban J connectivity index is 2.25. The first-order valence-electron chi connectivity index (χ1n) is 12.9. The van der Waals surface area contributed by atoms with Crippen molar-refractivity contribution in [2.75, 3.05) is 6.61 Å². The third-order valence-corrected chi connectivity index (χ3v) is 11.3. The van der Waals surface area contributed by atoms with E-state index in [4.69, 9.17) is 9.16 Å². The van der Waals surface area contributed by atoms with Crippen molar-refractivity contribution in [1.82, 2.24) is 5.32 Å². The lowest BCUT2D eigenvalue weighted by molar-refractivity contribution is -0.140. The van der Waals surface area contributed by atoms with E-state index in [1.165, 1.54) is 10.4 Å². The minimum Gasteiger partial charge on any atom is -0.480 e. The van der Waals surface area contributed by atoms with E-state index >= 15 is 0 Å². The van der Waals surface area contributed by atoms with Crippen LogP contribution in [-0.2, 0) is 14.0 Å². The lowest BCUT2D eigenvalue weighted by Gasteiger charge is -2.43. The third kappa shape index (κ3) is 8.30. The molecular weight excluding hydrogens is 482 g/mol. The zero-order valence-electron chi connectivity index (χ0n) is 23.3. The number of nitrogens with one attached hydrogen (secondary N) is 1. The van der Waals surface area contributed by atoms with Crippen LogP contribution in [0.4, 0.5) is 4.79 Å². The minimum absolute atomic E-state index is 0.139. The van der Waals surface area contributed by atoms with Gasteiger partial charge in [0, 0.05) is 12.5 Å². The molecule has 0 aromatic heterocycles. The number of aliphatic carboxylic acids is 1. The van der Waals surface area contributed by atoms with E-state index in [0.29, 0.717) is 19.4 Å². The summed E-state index contributed by atoms with van der Waals surface area (Å²) in [5.41, 5.74) is -0.715. The molecule has 0 spiro atoms. The van der Waals surface area contributed by atoms with Gasteiger partial charge in [0.1, 0.15) is 11.6 Å². The van der Waals surface area contributed by atoms with Crippen molar-refractivity contribution in [2.24, 2.45) is 5.92 Å². The monoisotopic (exact) mass is 525 g/mol. The Hall–Kier alpha value is -2.90. The average Bonchev–Trinajstić information content (AvgIpc) is 2.81. The quantitative estimate of drug-likeness (QED) is 0.229. The first-order chi connectivity index (χ1) is 17.3. The molecule has 0 saturated carbocycles. The van der Waals surface area contributed by atoms with Crippen molar-refractivity contribution >= 4 is 30.8 Å². The molecule has 1 amide bonds. The van der Waals surface area contributed by atoms with Crippen LogP contribution in [0.2, 0.25) is 5.04 Å². The molecule has 37 heavy (non-hydrogen) atoms. The maximum absolute atomic E-state index is 12.3. The highest BCUT2D eigenvalue weighted by atomic mass is 28.4. The van der Waals surface area contributed by atoms with E-state index in [1.54, 1.807) is 20.8 Å². The fourth-order valence-electron chi connectivity index (χ4n) is 4.71. The fraction of sp³-hybridized carbons (Fsp3) is 0.467. The largest absolute Gasteiger partial charge is 0.480 e. The number of hydrogen-bond donors (Lipinski definition) is 2. The number of carboxylic acids is 1. The Labute approximate surface area is 223 Å². The molecule has 0 fully saturated rings. The summed E-state index contributed by atoms with van der Waals surface area (Å²) in [5, 5.41) is 14.7. The van der Waals surface area contributed by atoms with Crippen molar-refractivity contribution in [3.8, 4) is 0 Å². The molecule has 0 aliphatic carbocycles. The van der Waals surface area contributed by atoms with E-state index in [1.807, 2.05) is 31.2 Å². The Kier molecular flexibility index (Phi) is 10.7. The summed E-state index contributed by atoms with van der Waals surface area (Å²) in [7, 11) is -2.67. The van der Waals surface area contributed by atoms with Crippen LogP contribution in [0.25, 0.3) is 0 Å². The van der Waals surface area contributed by atoms with E-state index in [0.717, 1.165) is 0 Å². The van der Waals surface area contributed by atoms with E-state index in [9.17, 15) is 14.7 Å². The number of carbonyl (C=O) groups is 2. The van der Waals surface area contributed by atoms with E-state index < -0.39 is 37.9 Å². The lowest BCUT2D eigenvalue weighted by atomic mass is 9.94. The van der Waals surface area contributed by atoms with Gasteiger partial charge in [-0.3, -0.25) is 0 Å². The maximum Gasteiger partial charge on any atom is 0.408 e. The summed E-state index contributed by atoms with van der Waals surface area (Å²) >= 11 is 0. The average molecular weight is 526 g/mol. The summed E-state index contributed by atoms with van der Waals surface area (Å²) in [6.07, 6.45) is 4.09. The maximum atomic E-state index is 12.3. The molecule has 0 bridgehead atoms. The van der Waals surface area contributed by atoms with Gasteiger partial charge in [-0.25, -0.2) is 9.59 Å². The molecule has 0 radical (unpaired) electrons. The predicted molar refractivity (Wildman–Crippen MR) is 152 cm³/mol. The summed E-state index contributed by atoms with van der Waals surface area (Å²) in [6.45, 7) is 14.2. The third-order valence-electron chi connectivity index (χ3n) is 6.22. The number of allylic oxidation sites excluding steroid dienone is 1. The number of amides is 1. The highest BCUT2D eigenvalue weighted by Crippen LogP contribution is 2.37. The Bertz CT molecular complexity index is 986. The molecular formula is C30H43NO5Si. The number of alkyl carbamates (subject to hydrolysis) is 1. The number of rotatable bonds is 11. The highest BCUT2D eigenvalue weighted by Gasteiger charge is 2.50. The van der Waals surface area contributed by atoms with Crippen molar-refractivity contribution in [3.05, 3.63) is 72.8 Å². The molecule has 0 aliphatic heterocycles. The molecule has 2 aromatic carbocycles. The normalized spacial score (nSPS) is 14.2. The SMILES string of the molecule is C/C=C/[C@@H](CCCO[Si](c1ccccc1)(c1ccccc1)C(C)(C)C)[C@@H](NC(=O)OC(C)(C)C)C(=O)O. The second kappa shape index (κ2) is 13.1. The van der Waals surface area contributed by atoms with Gasteiger partial charge in [-0.15, -0.1) is 0 Å². The smallest absolute Gasteiger partial charge is 0.408 e. The van der Waals surface area contributed by atoms with Crippen LogP contribution in [-0.4, -0.2) is 43.7 Å². The summed E-state index contributed by atoms with van der Waals surface area (Å²) < 4.78 is 12.2. The van der Waals surface area contributed by atoms with E-state index in [2.05, 4.69) is 74.6 Å². The van der Waals surface area contributed by atoms with Gasteiger partial charge in [0.25, 0.3) is 8.32 Å². The van der Waals surface area contributed by atoms with Crippen molar-refractivity contribution in [2.45, 2.75) is 78.0 Å². The van der Waals surface area contributed by atoms with Crippen LogP contribution in [0, 0.1) is 5.92 Å². The zero-order valence-corrected chi connectivity index (χ0v) is 24.3. The van der Waals surface area contributed by atoms with Crippen LogP contribution in [0.1, 0.15) is 61.3 Å². The summed E-state index contributed by atoms with van der Waals surface area (Å²) in [6, 6.07) is 19.7. The highest BCUT2D eigenvalue weighted by molar-refractivity contribution is 6.99. The molecule has 0 unspecified atom stereocenters. The van der Waals surface area contributed by atoms with Crippen LogP contribution in [0.5, 0.6) is 0 Å². The summed E-state index contributed by atoms with van der Waals surface area (Å²) in [5.74, 6) is -1.50. The topological polar surface area (TPSA) is 84.9 Å².